The van der Waals surface area contributed by atoms with Gasteiger partial charge >= 0.3 is 0 Å². The van der Waals surface area contributed by atoms with Crippen molar-refractivity contribution in [3.8, 4) is 11.4 Å². The van der Waals surface area contributed by atoms with Gasteiger partial charge in [-0.2, -0.15) is 9.78 Å². The Hall–Kier alpha value is -1.69. The van der Waals surface area contributed by atoms with Crippen LogP contribution in [0.5, 0.6) is 0 Å². The summed E-state index contributed by atoms with van der Waals surface area (Å²) in [5, 5.41) is 14.1. The van der Waals surface area contributed by atoms with Crippen LogP contribution in [0.15, 0.2) is 34.5 Å². The Balaban J connectivity index is 1.69. The first kappa shape index (κ1) is 13.9. The van der Waals surface area contributed by atoms with Gasteiger partial charge in [-0.25, -0.2) is 4.39 Å². The number of fused-ring (bicyclic) bond motifs is 1. The quantitative estimate of drug-likeness (QED) is 0.842. The minimum atomic E-state index is -0.247. The molecule has 0 unspecified atom stereocenters. The van der Waals surface area contributed by atoms with Crippen molar-refractivity contribution in [3.05, 3.63) is 30.1 Å². The van der Waals surface area contributed by atoms with Crippen molar-refractivity contribution in [3.63, 3.8) is 0 Å². The maximum absolute atomic E-state index is 13.1. The van der Waals surface area contributed by atoms with Crippen LogP contribution in [0.25, 0.3) is 11.4 Å². The molecule has 1 fully saturated rings. The molecule has 2 heterocycles. The van der Waals surface area contributed by atoms with Crippen LogP contribution in [0.3, 0.4) is 0 Å². The van der Waals surface area contributed by atoms with E-state index in [4.69, 9.17) is 5.10 Å². The van der Waals surface area contributed by atoms with Gasteiger partial charge in [0.15, 0.2) is 5.82 Å². The van der Waals surface area contributed by atoms with Gasteiger partial charge in [0.05, 0.1) is 5.71 Å². The number of nitrogens with zero attached hydrogens (tertiary/aromatic N) is 4. The molecule has 1 aliphatic carbocycles. The summed E-state index contributed by atoms with van der Waals surface area (Å²) >= 11 is 1.69. The summed E-state index contributed by atoms with van der Waals surface area (Å²) < 4.78 is 14.9. The Morgan fingerprint density at radius 3 is 2.59 bits per heavy atom. The van der Waals surface area contributed by atoms with Crippen LogP contribution in [-0.2, 0) is 0 Å². The van der Waals surface area contributed by atoms with E-state index in [9.17, 15) is 4.39 Å². The van der Waals surface area contributed by atoms with E-state index in [1.54, 1.807) is 23.9 Å². The molecule has 1 saturated carbocycles. The Bertz CT molecular complexity index is 701. The second-order valence-electron chi connectivity index (χ2n) is 5.84. The van der Waals surface area contributed by atoms with Crippen molar-refractivity contribution in [2.24, 2.45) is 11.0 Å². The fraction of sp³-hybridized carbons (Fsp3) is 0.438. The second-order valence-corrected chi connectivity index (χ2v) is 6.78. The molecular weight excluding hydrogens is 299 g/mol. The maximum Gasteiger partial charge on any atom is 0.212 e. The monoisotopic (exact) mass is 316 g/mol. The van der Waals surface area contributed by atoms with Gasteiger partial charge in [0.2, 0.25) is 5.16 Å². The molecule has 4 nitrogen and oxygen atoms in total. The number of hydrogen-bond donors (Lipinski definition) is 0. The lowest BCUT2D eigenvalue weighted by Crippen LogP contribution is -2.23. The van der Waals surface area contributed by atoms with E-state index >= 15 is 0 Å². The average Bonchev–Trinajstić information content (AvgIpc) is 2.99. The third-order valence-corrected chi connectivity index (χ3v) is 5.32. The topological polar surface area (TPSA) is 43.1 Å². The zero-order valence-electron chi connectivity index (χ0n) is 12.2. The fourth-order valence-electron chi connectivity index (χ4n) is 3.16. The van der Waals surface area contributed by atoms with Crippen LogP contribution < -0.4 is 0 Å². The van der Waals surface area contributed by atoms with Gasteiger partial charge in [-0.15, -0.1) is 10.2 Å². The molecule has 4 rings (SSSR count). The first-order chi connectivity index (χ1) is 10.8. The summed E-state index contributed by atoms with van der Waals surface area (Å²) in [5.74, 6) is 1.95. The van der Waals surface area contributed by atoms with Crippen molar-refractivity contribution < 1.29 is 4.39 Å². The highest BCUT2D eigenvalue weighted by atomic mass is 32.2. The van der Waals surface area contributed by atoms with Crippen molar-refractivity contribution in [2.75, 3.05) is 5.75 Å². The molecule has 0 saturated heterocycles. The molecule has 0 bridgehead atoms. The highest BCUT2D eigenvalue weighted by Gasteiger charge is 2.25. The lowest BCUT2D eigenvalue weighted by atomic mass is 9.86. The van der Waals surface area contributed by atoms with E-state index in [1.165, 1.54) is 49.9 Å². The average molecular weight is 316 g/mol. The van der Waals surface area contributed by atoms with Crippen molar-refractivity contribution >= 4 is 17.5 Å². The van der Waals surface area contributed by atoms with E-state index in [0.717, 1.165) is 16.5 Å². The first-order valence-corrected chi connectivity index (χ1v) is 8.72. The second kappa shape index (κ2) is 5.83. The Morgan fingerprint density at radius 2 is 1.82 bits per heavy atom. The number of rotatable bonds is 2. The summed E-state index contributed by atoms with van der Waals surface area (Å²) in [7, 11) is 0. The van der Waals surface area contributed by atoms with Crippen LogP contribution >= 0.6 is 11.8 Å². The van der Waals surface area contributed by atoms with Gasteiger partial charge in [-0.3, -0.25) is 0 Å². The summed E-state index contributed by atoms with van der Waals surface area (Å²) in [6.45, 7) is 0. The molecule has 2 aliphatic rings. The van der Waals surface area contributed by atoms with Gasteiger partial charge in [-0.05, 0) is 43.0 Å². The third kappa shape index (κ3) is 2.56. The van der Waals surface area contributed by atoms with Crippen LogP contribution in [-0.4, -0.2) is 26.3 Å². The predicted octanol–water partition coefficient (Wildman–Crippen LogP) is 3.97. The largest absolute Gasteiger partial charge is 0.212 e. The van der Waals surface area contributed by atoms with Crippen molar-refractivity contribution in [1.82, 2.24) is 14.9 Å². The van der Waals surface area contributed by atoms with Crippen LogP contribution in [0.2, 0.25) is 0 Å². The molecule has 0 N–H and O–H groups in total. The van der Waals surface area contributed by atoms with Gasteiger partial charge < -0.3 is 0 Å². The molecular formula is C16H17FN4S. The standard InChI is InChI=1S/C16H17FN4S/c17-13-8-6-12(7-9-13)15-18-19-16-21(15)20-14(10-22-16)11-4-2-1-3-5-11/h6-9,11H,1-5,10H2. The highest BCUT2D eigenvalue weighted by Crippen LogP contribution is 2.32. The molecule has 1 aliphatic heterocycles. The number of halogens is 1. The molecule has 22 heavy (non-hydrogen) atoms. The fourth-order valence-corrected chi connectivity index (χ4v) is 4.07. The number of benzene rings is 1. The van der Waals surface area contributed by atoms with Crippen LogP contribution in [0.1, 0.15) is 32.1 Å². The van der Waals surface area contributed by atoms with E-state index in [-0.39, 0.29) is 5.82 Å². The molecule has 0 radical (unpaired) electrons. The molecule has 1 aromatic carbocycles. The van der Waals surface area contributed by atoms with Gasteiger partial charge in [-0.1, -0.05) is 31.0 Å². The Labute approximate surface area is 132 Å². The molecule has 6 heteroatoms. The summed E-state index contributed by atoms with van der Waals surface area (Å²) in [5.41, 5.74) is 2.09. The lowest BCUT2D eigenvalue weighted by Gasteiger charge is -2.25. The minimum absolute atomic E-state index is 0.247. The summed E-state index contributed by atoms with van der Waals surface area (Å²) in [6, 6.07) is 6.33. The van der Waals surface area contributed by atoms with E-state index in [0.29, 0.717) is 11.7 Å². The number of hydrogen-bond acceptors (Lipinski definition) is 4. The first-order valence-electron chi connectivity index (χ1n) is 7.73. The van der Waals surface area contributed by atoms with Gasteiger partial charge in [0, 0.05) is 11.3 Å². The Morgan fingerprint density at radius 1 is 1.05 bits per heavy atom. The predicted molar refractivity (Wildman–Crippen MR) is 85.5 cm³/mol. The normalized spacial score (nSPS) is 18.9. The number of aromatic nitrogens is 3. The molecule has 1 aromatic heterocycles. The summed E-state index contributed by atoms with van der Waals surface area (Å²) in [6.07, 6.45) is 6.42. The molecule has 0 amide bonds. The zero-order valence-corrected chi connectivity index (χ0v) is 13.0. The lowest BCUT2D eigenvalue weighted by molar-refractivity contribution is 0.436. The van der Waals surface area contributed by atoms with E-state index in [1.807, 2.05) is 4.68 Å². The SMILES string of the molecule is Fc1ccc(-c2nnc3n2N=C(C2CCCCC2)CS3)cc1. The molecule has 2 aromatic rings. The number of thioether (sulfide) groups is 1. The molecule has 114 valence electrons. The van der Waals surface area contributed by atoms with E-state index in [2.05, 4.69) is 10.2 Å². The van der Waals surface area contributed by atoms with Crippen molar-refractivity contribution in [1.29, 1.82) is 0 Å². The zero-order chi connectivity index (χ0) is 14.9. The van der Waals surface area contributed by atoms with Crippen LogP contribution in [0, 0.1) is 11.7 Å². The molecule has 0 spiro atoms. The van der Waals surface area contributed by atoms with Gasteiger partial charge in [0.25, 0.3) is 0 Å². The highest BCUT2D eigenvalue weighted by molar-refractivity contribution is 7.99. The minimum Gasteiger partial charge on any atom is -0.207 e. The van der Waals surface area contributed by atoms with Crippen molar-refractivity contribution in [2.45, 2.75) is 37.3 Å². The molecule has 0 atom stereocenters. The third-order valence-electron chi connectivity index (χ3n) is 4.37. The summed E-state index contributed by atoms with van der Waals surface area (Å²) in [4.78, 5) is 0. The van der Waals surface area contributed by atoms with Crippen LogP contribution in [0.4, 0.5) is 4.39 Å². The van der Waals surface area contributed by atoms with E-state index < -0.39 is 0 Å². The van der Waals surface area contributed by atoms with Gasteiger partial charge in [0.1, 0.15) is 5.82 Å². The maximum atomic E-state index is 13.1. The Kier molecular flexibility index (Phi) is 3.70. The smallest absolute Gasteiger partial charge is 0.207 e.